The predicted molar refractivity (Wildman–Crippen MR) is 117 cm³/mol. The van der Waals surface area contributed by atoms with Gasteiger partial charge in [-0.05, 0) is 50.8 Å². The Balaban J connectivity index is 1.90. The van der Waals surface area contributed by atoms with Crippen LogP contribution >= 0.6 is 0 Å². The summed E-state index contributed by atoms with van der Waals surface area (Å²) in [4.78, 5) is 19.6. The molecule has 1 unspecified atom stereocenters. The van der Waals surface area contributed by atoms with Crippen molar-refractivity contribution in [2.45, 2.75) is 40.0 Å². The Morgan fingerprint density at radius 1 is 0.964 bits per heavy atom. The average Bonchev–Trinajstić information content (AvgIpc) is 2.75. The minimum absolute atomic E-state index is 0.0759. The molecule has 0 saturated heterocycles. The highest BCUT2D eigenvalue weighted by atomic mass is 16.2. The maximum absolute atomic E-state index is 12.8. The molecule has 3 aromatic rings. The van der Waals surface area contributed by atoms with Crippen LogP contribution < -0.4 is 0 Å². The minimum Gasteiger partial charge on any atom is -0.343 e. The molecule has 3 nitrogen and oxygen atoms in total. The molecule has 0 bridgehead atoms. The normalized spacial score (nSPS) is 12.1. The van der Waals surface area contributed by atoms with E-state index in [9.17, 15) is 4.79 Å². The molecule has 0 fully saturated rings. The summed E-state index contributed by atoms with van der Waals surface area (Å²) in [5.74, 6) is 0.362. The number of carbonyl (C=O) groups is 1. The summed E-state index contributed by atoms with van der Waals surface area (Å²) >= 11 is 0. The fraction of sp³-hybridized carbons (Fsp3) is 0.360. The Morgan fingerprint density at radius 3 is 2.32 bits per heavy atom. The van der Waals surface area contributed by atoms with Crippen molar-refractivity contribution in [3.8, 4) is 11.3 Å². The lowest BCUT2D eigenvalue weighted by atomic mass is 9.93. The highest BCUT2D eigenvalue weighted by molar-refractivity contribution is 5.85. The van der Waals surface area contributed by atoms with E-state index in [0.717, 1.165) is 49.1 Å². The summed E-state index contributed by atoms with van der Waals surface area (Å²) < 4.78 is 0. The maximum Gasteiger partial charge on any atom is 0.225 e. The second-order valence-electron chi connectivity index (χ2n) is 7.20. The monoisotopic (exact) mass is 374 g/mol. The Labute approximate surface area is 168 Å². The zero-order chi connectivity index (χ0) is 19.9. The van der Waals surface area contributed by atoms with Gasteiger partial charge in [-0.3, -0.25) is 4.79 Å². The van der Waals surface area contributed by atoms with Crippen molar-refractivity contribution in [3.63, 3.8) is 0 Å². The molecule has 0 spiro atoms. The largest absolute Gasteiger partial charge is 0.343 e. The first-order valence-corrected chi connectivity index (χ1v) is 10.4. The van der Waals surface area contributed by atoms with Crippen molar-refractivity contribution < 1.29 is 4.79 Å². The zero-order valence-corrected chi connectivity index (χ0v) is 17.2. The number of fused-ring (bicyclic) bond motifs is 1. The molecule has 0 aliphatic heterocycles. The standard InChI is InChI=1S/C25H30N2O/c1-4-19(25(28)27(5-2)6-3)16-17-21-18-24(20-12-8-7-9-13-20)26-23-15-11-10-14-22(21)23/h7-15,18-19H,4-6,16-17H2,1-3H3. The van der Waals surface area contributed by atoms with Crippen LogP contribution in [0.1, 0.15) is 39.2 Å². The predicted octanol–water partition coefficient (Wildman–Crippen LogP) is 5.73. The van der Waals surface area contributed by atoms with E-state index in [-0.39, 0.29) is 11.8 Å². The number of rotatable bonds is 8. The van der Waals surface area contributed by atoms with Gasteiger partial charge in [-0.15, -0.1) is 0 Å². The van der Waals surface area contributed by atoms with Crippen molar-refractivity contribution in [3.05, 3.63) is 66.2 Å². The summed E-state index contributed by atoms with van der Waals surface area (Å²) in [5, 5.41) is 1.19. The molecular formula is C25H30N2O. The number of hydrogen-bond donors (Lipinski definition) is 0. The third-order valence-corrected chi connectivity index (χ3v) is 5.55. The van der Waals surface area contributed by atoms with Gasteiger partial charge in [0.2, 0.25) is 5.91 Å². The van der Waals surface area contributed by atoms with Crippen LogP contribution in [0.2, 0.25) is 0 Å². The molecule has 146 valence electrons. The Bertz CT molecular complexity index is 916. The van der Waals surface area contributed by atoms with Gasteiger partial charge in [-0.25, -0.2) is 4.98 Å². The number of aromatic nitrogens is 1. The molecule has 0 saturated carbocycles. The molecule has 28 heavy (non-hydrogen) atoms. The molecule has 1 amide bonds. The molecule has 2 aromatic carbocycles. The van der Waals surface area contributed by atoms with E-state index in [1.165, 1.54) is 10.9 Å². The zero-order valence-electron chi connectivity index (χ0n) is 17.2. The van der Waals surface area contributed by atoms with Crippen molar-refractivity contribution in [2.24, 2.45) is 5.92 Å². The number of pyridine rings is 1. The lowest BCUT2D eigenvalue weighted by Gasteiger charge is -2.24. The topological polar surface area (TPSA) is 33.2 Å². The van der Waals surface area contributed by atoms with E-state index >= 15 is 0 Å². The van der Waals surface area contributed by atoms with Gasteiger partial charge in [-0.1, -0.05) is 55.5 Å². The van der Waals surface area contributed by atoms with Crippen LogP contribution in [0, 0.1) is 5.92 Å². The quantitative estimate of drug-likeness (QED) is 0.504. The molecule has 1 atom stereocenters. The highest BCUT2D eigenvalue weighted by Crippen LogP contribution is 2.27. The van der Waals surface area contributed by atoms with Crippen LogP contribution in [0.15, 0.2) is 60.7 Å². The fourth-order valence-electron chi connectivity index (χ4n) is 3.84. The molecule has 0 aliphatic carbocycles. The maximum atomic E-state index is 12.8. The molecule has 3 rings (SSSR count). The van der Waals surface area contributed by atoms with Gasteiger partial charge in [-0.2, -0.15) is 0 Å². The summed E-state index contributed by atoms with van der Waals surface area (Å²) in [6, 6.07) is 20.8. The minimum atomic E-state index is 0.0759. The van der Waals surface area contributed by atoms with Crippen molar-refractivity contribution in [1.29, 1.82) is 0 Å². The lowest BCUT2D eigenvalue weighted by Crippen LogP contribution is -2.35. The number of carbonyl (C=O) groups excluding carboxylic acids is 1. The van der Waals surface area contributed by atoms with Crippen LogP contribution in [0.25, 0.3) is 22.2 Å². The molecule has 0 aliphatic rings. The van der Waals surface area contributed by atoms with Crippen molar-refractivity contribution in [1.82, 2.24) is 9.88 Å². The third-order valence-electron chi connectivity index (χ3n) is 5.55. The number of amides is 1. The number of hydrogen-bond acceptors (Lipinski definition) is 2. The van der Waals surface area contributed by atoms with Gasteiger partial charge < -0.3 is 4.90 Å². The van der Waals surface area contributed by atoms with E-state index in [0.29, 0.717) is 0 Å². The summed E-state index contributed by atoms with van der Waals surface area (Å²) in [6.07, 6.45) is 2.63. The van der Waals surface area contributed by atoms with Gasteiger partial charge in [0.15, 0.2) is 0 Å². The van der Waals surface area contributed by atoms with E-state index < -0.39 is 0 Å². The lowest BCUT2D eigenvalue weighted by molar-refractivity contribution is -0.135. The Morgan fingerprint density at radius 2 is 1.64 bits per heavy atom. The molecular weight excluding hydrogens is 344 g/mol. The van der Waals surface area contributed by atoms with Gasteiger partial charge in [0, 0.05) is 30.0 Å². The van der Waals surface area contributed by atoms with Gasteiger partial charge in [0.05, 0.1) is 11.2 Å². The van der Waals surface area contributed by atoms with E-state index in [4.69, 9.17) is 4.98 Å². The Hall–Kier alpha value is -2.68. The molecule has 1 aromatic heterocycles. The number of nitrogens with zero attached hydrogens (tertiary/aromatic N) is 2. The van der Waals surface area contributed by atoms with Crippen LogP contribution in [-0.4, -0.2) is 28.9 Å². The summed E-state index contributed by atoms with van der Waals surface area (Å²) in [7, 11) is 0. The SMILES string of the molecule is CCC(CCc1cc(-c2ccccc2)nc2ccccc12)C(=O)N(CC)CC. The van der Waals surface area contributed by atoms with Crippen molar-refractivity contribution in [2.75, 3.05) is 13.1 Å². The number of para-hydroxylation sites is 1. The third kappa shape index (κ3) is 4.41. The van der Waals surface area contributed by atoms with E-state index in [1.54, 1.807) is 0 Å². The summed E-state index contributed by atoms with van der Waals surface area (Å²) in [6.45, 7) is 7.78. The smallest absolute Gasteiger partial charge is 0.225 e. The average molecular weight is 375 g/mol. The molecule has 3 heteroatoms. The van der Waals surface area contributed by atoms with Crippen LogP contribution in [0.4, 0.5) is 0 Å². The first-order valence-electron chi connectivity index (χ1n) is 10.4. The van der Waals surface area contributed by atoms with Crippen LogP contribution in [0.3, 0.4) is 0 Å². The van der Waals surface area contributed by atoms with Gasteiger partial charge in [0.1, 0.15) is 0 Å². The van der Waals surface area contributed by atoms with Gasteiger partial charge >= 0.3 is 0 Å². The summed E-state index contributed by atoms with van der Waals surface area (Å²) in [5.41, 5.74) is 4.41. The number of aryl methyl sites for hydroxylation is 1. The van der Waals surface area contributed by atoms with E-state index in [1.807, 2.05) is 29.2 Å². The molecule has 0 N–H and O–H groups in total. The van der Waals surface area contributed by atoms with Gasteiger partial charge in [0.25, 0.3) is 0 Å². The van der Waals surface area contributed by atoms with Crippen molar-refractivity contribution >= 4 is 16.8 Å². The molecule has 0 radical (unpaired) electrons. The van der Waals surface area contributed by atoms with Crippen LogP contribution in [0.5, 0.6) is 0 Å². The van der Waals surface area contributed by atoms with E-state index in [2.05, 4.69) is 57.2 Å². The highest BCUT2D eigenvalue weighted by Gasteiger charge is 2.21. The van der Waals surface area contributed by atoms with Crippen LogP contribution in [-0.2, 0) is 11.2 Å². The second-order valence-corrected chi connectivity index (χ2v) is 7.20. The first-order chi connectivity index (χ1) is 13.7. The molecule has 1 heterocycles. The fourth-order valence-corrected chi connectivity index (χ4v) is 3.84. The second kappa shape index (κ2) is 9.50. The first kappa shape index (κ1) is 20.1. The Kier molecular flexibility index (Phi) is 6.80. The number of benzene rings is 2.